The molecule has 0 amide bonds. The highest BCUT2D eigenvalue weighted by atomic mass is 79.9. The van der Waals surface area contributed by atoms with Crippen LogP contribution in [0.5, 0.6) is 0 Å². The summed E-state index contributed by atoms with van der Waals surface area (Å²) in [6.07, 6.45) is 3.78. The van der Waals surface area contributed by atoms with Gasteiger partial charge >= 0.3 is 0 Å². The zero-order valence-corrected chi connectivity index (χ0v) is 12.8. The van der Waals surface area contributed by atoms with Crippen molar-refractivity contribution in [2.24, 2.45) is 5.92 Å². The lowest BCUT2D eigenvalue weighted by Crippen LogP contribution is -2.29. The molecule has 0 bridgehead atoms. The van der Waals surface area contributed by atoms with Crippen molar-refractivity contribution in [3.63, 3.8) is 0 Å². The van der Waals surface area contributed by atoms with E-state index in [1.54, 1.807) is 0 Å². The third kappa shape index (κ3) is 4.98. The summed E-state index contributed by atoms with van der Waals surface area (Å²) in [5.74, 6) is 0.766. The van der Waals surface area contributed by atoms with Crippen LogP contribution in [0.3, 0.4) is 0 Å². The maximum Gasteiger partial charge on any atom is 0.0314 e. The van der Waals surface area contributed by atoms with Crippen LogP contribution in [0.25, 0.3) is 0 Å². The first-order chi connectivity index (χ1) is 7.63. The number of nitrogens with one attached hydrogen (secondary N) is 1. The minimum atomic E-state index is 0.589. The molecule has 1 nitrogen and oxygen atoms in total. The van der Waals surface area contributed by atoms with E-state index in [0.29, 0.717) is 6.04 Å². The largest absolute Gasteiger partial charge is 0.314 e. The fraction of sp³-hybridized carbons (Fsp3) is 0.692. The van der Waals surface area contributed by atoms with Crippen molar-refractivity contribution >= 4 is 27.3 Å². The lowest BCUT2D eigenvalue weighted by atomic mass is 9.98. The molecule has 1 aromatic rings. The fourth-order valence-corrected chi connectivity index (χ4v) is 3.45. The van der Waals surface area contributed by atoms with Crippen molar-refractivity contribution in [1.82, 2.24) is 5.32 Å². The smallest absolute Gasteiger partial charge is 0.0314 e. The molecule has 1 rings (SSSR count). The van der Waals surface area contributed by atoms with Crippen molar-refractivity contribution < 1.29 is 0 Å². The zero-order chi connectivity index (χ0) is 12.0. The Balaban J connectivity index is 2.47. The first-order valence-electron chi connectivity index (χ1n) is 6.08. The molecular formula is C13H22BrNS. The van der Waals surface area contributed by atoms with Crippen molar-refractivity contribution in [3.8, 4) is 0 Å². The summed E-state index contributed by atoms with van der Waals surface area (Å²) in [4.78, 5) is 1.49. The Morgan fingerprint density at radius 3 is 2.69 bits per heavy atom. The number of halogens is 1. The predicted molar refractivity (Wildman–Crippen MR) is 77.3 cm³/mol. The highest BCUT2D eigenvalue weighted by Gasteiger charge is 2.12. The molecule has 92 valence electrons. The Morgan fingerprint density at radius 2 is 2.19 bits per heavy atom. The van der Waals surface area contributed by atoms with Crippen LogP contribution < -0.4 is 5.32 Å². The van der Waals surface area contributed by atoms with Crippen molar-refractivity contribution in [1.29, 1.82) is 0 Å². The van der Waals surface area contributed by atoms with E-state index in [0.717, 1.165) is 12.5 Å². The summed E-state index contributed by atoms with van der Waals surface area (Å²) < 4.78 is 1.28. The third-order valence-corrected chi connectivity index (χ3v) is 4.63. The summed E-state index contributed by atoms with van der Waals surface area (Å²) in [5, 5.41) is 5.72. The normalized spacial score (nSPS) is 13.3. The summed E-state index contributed by atoms with van der Waals surface area (Å²) >= 11 is 5.48. The van der Waals surface area contributed by atoms with E-state index in [1.165, 1.54) is 28.6 Å². The van der Waals surface area contributed by atoms with Crippen LogP contribution in [0.4, 0.5) is 0 Å². The van der Waals surface area contributed by atoms with Gasteiger partial charge in [0.2, 0.25) is 0 Å². The number of rotatable bonds is 7. The Kier molecular flexibility index (Phi) is 6.62. The van der Waals surface area contributed by atoms with Gasteiger partial charge < -0.3 is 5.32 Å². The molecule has 0 radical (unpaired) electrons. The van der Waals surface area contributed by atoms with Crippen molar-refractivity contribution in [2.75, 3.05) is 6.54 Å². The summed E-state index contributed by atoms with van der Waals surface area (Å²) in [6.45, 7) is 7.83. The Bertz CT molecular complexity index is 296. The second-order valence-electron chi connectivity index (χ2n) is 4.61. The number of thiophene rings is 1. The van der Waals surface area contributed by atoms with Crippen LogP contribution in [0.2, 0.25) is 0 Å². The molecule has 1 atom stereocenters. The van der Waals surface area contributed by atoms with Gasteiger partial charge in [-0.3, -0.25) is 0 Å². The minimum Gasteiger partial charge on any atom is -0.314 e. The summed E-state index contributed by atoms with van der Waals surface area (Å²) in [6, 6.07) is 2.74. The van der Waals surface area contributed by atoms with E-state index in [9.17, 15) is 0 Å². The van der Waals surface area contributed by atoms with Crippen molar-refractivity contribution in [2.45, 2.75) is 46.1 Å². The molecule has 1 N–H and O–H groups in total. The molecule has 16 heavy (non-hydrogen) atoms. The molecular weight excluding hydrogens is 282 g/mol. The molecule has 1 heterocycles. The van der Waals surface area contributed by atoms with Crippen LogP contribution in [-0.2, 0) is 6.42 Å². The van der Waals surface area contributed by atoms with Gasteiger partial charge in [-0.15, -0.1) is 11.3 Å². The van der Waals surface area contributed by atoms with E-state index in [-0.39, 0.29) is 0 Å². The van der Waals surface area contributed by atoms with Gasteiger partial charge in [-0.2, -0.15) is 0 Å². The van der Waals surface area contributed by atoms with Crippen molar-refractivity contribution in [3.05, 3.63) is 20.8 Å². The van der Waals surface area contributed by atoms with E-state index in [4.69, 9.17) is 0 Å². The maximum atomic E-state index is 3.62. The van der Waals surface area contributed by atoms with Gasteiger partial charge in [0.15, 0.2) is 0 Å². The SMILES string of the molecule is CCCC(CNC(C)C)Cc1sccc1Br. The molecule has 0 aromatic carbocycles. The van der Waals surface area contributed by atoms with Crippen LogP contribution in [0.1, 0.15) is 38.5 Å². The van der Waals surface area contributed by atoms with Crippen LogP contribution >= 0.6 is 27.3 Å². The van der Waals surface area contributed by atoms with Crippen LogP contribution in [0, 0.1) is 5.92 Å². The number of hydrogen-bond acceptors (Lipinski definition) is 2. The molecule has 0 aliphatic heterocycles. The van der Waals surface area contributed by atoms with Gasteiger partial charge in [-0.1, -0.05) is 27.2 Å². The monoisotopic (exact) mass is 303 g/mol. The Hall–Kier alpha value is 0.140. The lowest BCUT2D eigenvalue weighted by Gasteiger charge is -2.18. The molecule has 0 aliphatic rings. The highest BCUT2D eigenvalue weighted by molar-refractivity contribution is 9.10. The number of hydrogen-bond donors (Lipinski definition) is 1. The van der Waals surface area contributed by atoms with Gasteiger partial charge in [0.25, 0.3) is 0 Å². The molecule has 0 saturated heterocycles. The molecule has 1 aromatic heterocycles. The van der Waals surface area contributed by atoms with Gasteiger partial charge in [-0.25, -0.2) is 0 Å². The van der Waals surface area contributed by atoms with Gasteiger partial charge in [0.1, 0.15) is 0 Å². The zero-order valence-electron chi connectivity index (χ0n) is 10.4. The third-order valence-electron chi connectivity index (χ3n) is 2.68. The van der Waals surface area contributed by atoms with Gasteiger partial charge in [0, 0.05) is 15.4 Å². The quantitative estimate of drug-likeness (QED) is 0.784. The molecule has 0 fully saturated rings. The predicted octanol–water partition coefficient (Wildman–Crippen LogP) is 4.47. The fourth-order valence-electron chi connectivity index (χ4n) is 1.82. The first-order valence-corrected chi connectivity index (χ1v) is 7.76. The van der Waals surface area contributed by atoms with E-state index in [1.807, 2.05) is 11.3 Å². The first kappa shape index (κ1) is 14.2. The van der Waals surface area contributed by atoms with E-state index in [2.05, 4.69) is 53.5 Å². The average Bonchev–Trinajstić information content (AvgIpc) is 2.61. The van der Waals surface area contributed by atoms with Gasteiger partial charge in [0.05, 0.1) is 0 Å². The maximum absolute atomic E-state index is 3.62. The Morgan fingerprint density at radius 1 is 1.44 bits per heavy atom. The molecule has 0 spiro atoms. The Labute approximate surface area is 112 Å². The molecule has 3 heteroatoms. The van der Waals surface area contributed by atoms with Crippen LogP contribution in [-0.4, -0.2) is 12.6 Å². The molecule has 1 unspecified atom stereocenters. The second kappa shape index (κ2) is 7.46. The van der Waals surface area contributed by atoms with Gasteiger partial charge in [-0.05, 0) is 52.7 Å². The lowest BCUT2D eigenvalue weighted by molar-refractivity contribution is 0.420. The van der Waals surface area contributed by atoms with E-state index >= 15 is 0 Å². The topological polar surface area (TPSA) is 12.0 Å². The second-order valence-corrected chi connectivity index (χ2v) is 6.47. The van der Waals surface area contributed by atoms with E-state index < -0.39 is 0 Å². The summed E-state index contributed by atoms with van der Waals surface area (Å²) in [5.41, 5.74) is 0. The summed E-state index contributed by atoms with van der Waals surface area (Å²) in [7, 11) is 0. The highest BCUT2D eigenvalue weighted by Crippen LogP contribution is 2.26. The van der Waals surface area contributed by atoms with Crippen LogP contribution in [0.15, 0.2) is 15.9 Å². The average molecular weight is 304 g/mol. The molecule has 0 aliphatic carbocycles. The minimum absolute atomic E-state index is 0.589. The molecule has 0 saturated carbocycles. The standard InChI is InChI=1S/C13H22BrNS/c1-4-5-11(9-15-10(2)3)8-13-12(14)6-7-16-13/h6-7,10-11,15H,4-5,8-9H2,1-3H3.